The Morgan fingerprint density at radius 1 is 1.38 bits per heavy atom. The largest absolute Gasteiger partial charge is 0.306 e. The summed E-state index contributed by atoms with van der Waals surface area (Å²) in [5.41, 5.74) is 3.67. The third kappa shape index (κ3) is 2.61. The zero-order valence-corrected chi connectivity index (χ0v) is 10.7. The molecule has 0 bridgehead atoms. The van der Waals surface area contributed by atoms with Gasteiger partial charge in [-0.3, -0.25) is 0 Å². The van der Waals surface area contributed by atoms with Gasteiger partial charge in [0.05, 0.1) is 6.33 Å². The van der Waals surface area contributed by atoms with Gasteiger partial charge in [0.2, 0.25) is 0 Å². The van der Waals surface area contributed by atoms with Crippen molar-refractivity contribution in [1.82, 2.24) is 9.55 Å². The van der Waals surface area contributed by atoms with Crippen LogP contribution in [-0.4, -0.2) is 14.9 Å². The fourth-order valence-electron chi connectivity index (χ4n) is 1.48. The topological polar surface area (TPSA) is 17.8 Å². The van der Waals surface area contributed by atoms with Crippen LogP contribution in [0.25, 0.3) is 11.8 Å². The second kappa shape index (κ2) is 5.12. The number of imidazole rings is 1. The number of alkyl halides is 1. The molecule has 0 fully saturated rings. The van der Waals surface area contributed by atoms with E-state index in [1.54, 1.807) is 12.5 Å². The molecule has 0 aliphatic carbocycles. The van der Waals surface area contributed by atoms with Crippen LogP contribution >= 0.6 is 15.9 Å². The summed E-state index contributed by atoms with van der Waals surface area (Å²) in [5, 5.41) is 0.913. The average molecular weight is 277 g/mol. The van der Waals surface area contributed by atoms with Gasteiger partial charge >= 0.3 is 0 Å². The number of rotatable bonds is 3. The minimum Gasteiger partial charge on any atom is -0.306 e. The summed E-state index contributed by atoms with van der Waals surface area (Å²) in [4.78, 5) is 4.03. The molecule has 0 radical (unpaired) electrons. The second-order valence-electron chi connectivity index (χ2n) is 3.69. The highest BCUT2D eigenvalue weighted by Crippen LogP contribution is 2.12. The number of allylic oxidation sites excluding steroid dienone is 1. The lowest BCUT2D eigenvalue weighted by Gasteiger charge is -2.02. The molecule has 1 heterocycles. The smallest absolute Gasteiger partial charge is 0.0991 e. The molecule has 1 aromatic heterocycles. The Hall–Kier alpha value is -1.35. The Morgan fingerprint density at radius 2 is 2.12 bits per heavy atom. The monoisotopic (exact) mass is 276 g/mol. The molecule has 2 rings (SSSR count). The van der Waals surface area contributed by atoms with Gasteiger partial charge in [0.1, 0.15) is 0 Å². The quantitative estimate of drug-likeness (QED) is 0.783. The molecule has 0 saturated carbocycles. The minimum absolute atomic E-state index is 0.913. The fraction of sp³-hybridized carbons (Fsp3) is 0.154. The molecule has 0 amide bonds. The maximum absolute atomic E-state index is 4.03. The number of hydrogen-bond donors (Lipinski definition) is 0. The van der Waals surface area contributed by atoms with E-state index in [9.17, 15) is 0 Å². The first-order valence-electron chi connectivity index (χ1n) is 5.11. The number of nitrogens with zero attached hydrogens (tertiary/aromatic N) is 2. The van der Waals surface area contributed by atoms with Gasteiger partial charge in [-0.25, -0.2) is 4.98 Å². The van der Waals surface area contributed by atoms with E-state index in [2.05, 4.69) is 58.2 Å². The molecule has 0 spiro atoms. The molecular weight excluding hydrogens is 264 g/mol. The molecule has 1 aromatic carbocycles. The number of halogens is 1. The first-order chi connectivity index (χ1) is 7.79. The first kappa shape index (κ1) is 11.1. The summed E-state index contributed by atoms with van der Waals surface area (Å²) in [6, 6.07) is 8.41. The molecule has 0 atom stereocenters. The Labute approximate surface area is 104 Å². The Balaban J connectivity index is 2.23. The second-order valence-corrected chi connectivity index (χ2v) is 4.25. The van der Waals surface area contributed by atoms with Crippen LogP contribution in [0.2, 0.25) is 0 Å². The van der Waals surface area contributed by atoms with Crippen LogP contribution in [0.15, 0.2) is 48.6 Å². The highest BCUT2D eigenvalue weighted by atomic mass is 79.9. The lowest BCUT2D eigenvalue weighted by molar-refractivity contribution is 1.06. The van der Waals surface area contributed by atoms with E-state index in [1.165, 1.54) is 11.1 Å². The van der Waals surface area contributed by atoms with Crippen molar-refractivity contribution in [3.8, 4) is 5.69 Å². The summed E-state index contributed by atoms with van der Waals surface area (Å²) < 4.78 is 1.99. The van der Waals surface area contributed by atoms with Crippen molar-refractivity contribution < 1.29 is 0 Å². The lowest BCUT2D eigenvalue weighted by atomic mass is 10.1. The zero-order chi connectivity index (χ0) is 11.4. The molecule has 0 unspecified atom stereocenters. The van der Waals surface area contributed by atoms with Crippen LogP contribution in [0.4, 0.5) is 0 Å². The van der Waals surface area contributed by atoms with E-state index >= 15 is 0 Å². The SMILES string of the molecule is CC(=Cc1ccc(-n2ccnc2)cc1)CBr. The molecule has 16 heavy (non-hydrogen) atoms. The van der Waals surface area contributed by atoms with Crippen molar-refractivity contribution in [3.63, 3.8) is 0 Å². The minimum atomic E-state index is 0.913. The fourth-order valence-corrected chi connectivity index (χ4v) is 1.64. The van der Waals surface area contributed by atoms with E-state index in [0.29, 0.717) is 0 Å². The Bertz CT molecular complexity index is 469. The number of hydrogen-bond acceptors (Lipinski definition) is 1. The van der Waals surface area contributed by atoms with Gasteiger partial charge in [-0.15, -0.1) is 0 Å². The third-order valence-electron chi connectivity index (χ3n) is 2.32. The van der Waals surface area contributed by atoms with Crippen LogP contribution in [-0.2, 0) is 0 Å². The summed E-state index contributed by atoms with van der Waals surface area (Å²) >= 11 is 3.44. The molecule has 0 saturated heterocycles. The highest BCUT2D eigenvalue weighted by molar-refractivity contribution is 9.09. The van der Waals surface area contributed by atoms with Gasteiger partial charge in [-0.2, -0.15) is 0 Å². The highest BCUT2D eigenvalue weighted by Gasteiger charge is 1.95. The van der Waals surface area contributed by atoms with Crippen molar-refractivity contribution >= 4 is 22.0 Å². The molecular formula is C13H13BrN2. The standard InChI is InChI=1S/C13H13BrN2/c1-11(9-14)8-12-2-4-13(5-3-12)16-7-6-15-10-16/h2-8,10H,9H2,1H3. The molecule has 3 heteroatoms. The normalized spacial score (nSPS) is 11.8. The van der Waals surface area contributed by atoms with Gasteiger partial charge in [0.25, 0.3) is 0 Å². The van der Waals surface area contributed by atoms with Crippen LogP contribution in [0.1, 0.15) is 12.5 Å². The van der Waals surface area contributed by atoms with Gasteiger partial charge in [0.15, 0.2) is 0 Å². The Morgan fingerprint density at radius 3 is 2.69 bits per heavy atom. The maximum atomic E-state index is 4.03. The Kier molecular flexibility index (Phi) is 3.57. The lowest BCUT2D eigenvalue weighted by Crippen LogP contribution is -1.89. The summed E-state index contributed by atoms with van der Waals surface area (Å²) in [6.45, 7) is 2.11. The predicted octanol–water partition coefficient (Wildman–Crippen LogP) is 3.67. The molecule has 2 aromatic rings. The van der Waals surface area contributed by atoms with Gasteiger partial charge in [0, 0.05) is 23.4 Å². The van der Waals surface area contributed by atoms with Gasteiger partial charge in [-0.1, -0.05) is 39.7 Å². The molecule has 2 nitrogen and oxygen atoms in total. The van der Waals surface area contributed by atoms with Crippen molar-refractivity contribution in [2.24, 2.45) is 0 Å². The van der Waals surface area contributed by atoms with E-state index in [-0.39, 0.29) is 0 Å². The van der Waals surface area contributed by atoms with Crippen molar-refractivity contribution in [3.05, 3.63) is 54.1 Å². The van der Waals surface area contributed by atoms with Crippen LogP contribution in [0.3, 0.4) is 0 Å². The average Bonchev–Trinajstić information content (AvgIpc) is 2.83. The van der Waals surface area contributed by atoms with Gasteiger partial charge in [-0.05, 0) is 24.6 Å². The number of benzene rings is 1. The van der Waals surface area contributed by atoms with Crippen LogP contribution in [0, 0.1) is 0 Å². The molecule has 82 valence electrons. The molecule has 0 aliphatic heterocycles. The molecule has 0 aliphatic rings. The van der Waals surface area contributed by atoms with Crippen molar-refractivity contribution in [1.29, 1.82) is 0 Å². The summed E-state index contributed by atoms with van der Waals surface area (Å²) in [5.74, 6) is 0. The predicted molar refractivity (Wildman–Crippen MR) is 71.0 cm³/mol. The van der Waals surface area contributed by atoms with E-state index < -0.39 is 0 Å². The van der Waals surface area contributed by atoms with Crippen LogP contribution in [0.5, 0.6) is 0 Å². The number of aromatic nitrogens is 2. The maximum Gasteiger partial charge on any atom is 0.0991 e. The van der Waals surface area contributed by atoms with E-state index in [1.807, 2.05) is 10.8 Å². The zero-order valence-electron chi connectivity index (χ0n) is 9.10. The summed E-state index contributed by atoms with van der Waals surface area (Å²) in [7, 11) is 0. The van der Waals surface area contributed by atoms with E-state index in [4.69, 9.17) is 0 Å². The van der Waals surface area contributed by atoms with Gasteiger partial charge < -0.3 is 4.57 Å². The van der Waals surface area contributed by atoms with E-state index in [0.717, 1.165) is 11.0 Å². The molecule has 0 N–H and O–H groups in total. The van der Waals surface area contributed by atoms with Crippen LogP contribution < -0.4 is 0 Å². The summed E-state index contributed by atoms with van der Waals surface area (Å²) in [6.07, 6.45) is 7.69. The first-order valence-corrected chi connectivity index (χ1v) is 6.23. The van der Waals surface area contributed by atoms with Crippen molar-refractivity contribution in [2.45, 2.75) is 6.92 Å². The third-order valence-corrected chi connectivity index (χ3v) is 3.20. The van der Waals surface area contributed by atoms with Crippen molar-refractivity contribution in [2.75, 3.05) is 5.33 Å².